The zero-order valence-corrected chi connectivity index (χ0v) is 12.7. The van der Waals surface area contributed by atoms with E-state index in [0.29, 0.717) is 24.8 Å². The number of hydrogen-bond acceptors (Lipinski definition) is 3. The molecule has 0 fully saturated rings. The molecule has 0 aromatic rings. The monoisotopic (exact) mass is 314 g/mol. The minimum atomic E-state index is -0.688. The van der Waals surface area contributed by atoms with Gasteiger partial charge < -0.3 is 4.74 Å². The maximum Gasteiger partial charge on any atom is 0.302 e. The molecule has 0 saturated carbocycles. The van der Waals surface area contributed by atoms with Gasteiger partial charge in [0.1, 0.15) is 10.6 Å². The number of Topliss-reactive ketones (excluding diaryl/α,β-unsaturated/α-hetero) is 1. The van der Waals surface area contributed by atoms with E-state index in [2.05, 4.69) is 0 Å². The summed E-state index contributed by atoms with van der Waals surface area (Å²) in [5.74, 6) is -0.425. The van der Waals surface area contributed by atoms with Crippen molar-refractivity contribution in [3.63, 3.8) is 0 Å². The van der Waals surface area contributed by atoms with Crippen LogP contribution in [0.3, 0.4) is 0 Å². The van der Waals surface area contributed by atoms with E-state index in [0.717, 1.165) is 0 Å². The first kappa shape index (κ1) is 17.8. The molecule has 0 rings (SSSR count). The number of alkyl halides is 2. The van der Waals surface area contributed by atoms with Crippen molar-refractivity contribution in [2.45, 2.75) is 37.9 Å². The molecule has 18 heavy (non-hydrogen) atoms. The van der Waals surface area contributed by atoms with E-state index < -0.39 is 4.84 Å². The lowest BCUT2D eigenvalue weighted by molar-refractivity contribution is -0.142. The molecule has 6 heteroatoms. The summed E-state index contributed by atoms with van der Waals surface area (Å²) in [6.45, 7) is 3.40. The molecule has 0 radical (unpaired) electrons. The number of esters is 1. The van der Waals surface area contributed by atoms with Crippen LogP contribution in [0.2, 0.25) is 0 Å². The van der Waals surface area contributed by atoms with Crippen molar-refractivity contribution in [2.75, 3.05) is 6.61 Å². The number of allylic oxidation sites excluding steroid dienone is 1. The van der Waals surface area contributed by atoms with Gasteiger partial charge in [0.25, 0.3) is 0 Å². The summed E-state index contributed by atoms with van der Waals surface area (Å²) in [5.41, 5.74) is 1.93. The first-order valence-electron chi connectivity index (χ1n) is 5.61. The number of hydrogen-bond donors (Lipinski definition) is 0. The molecule has 104 valence electrons. The van der Waals surface area contributed by atoms with E-state index in [1.54, 1.807) is 6.92 Å². The minimum absolute atomic E-state index is 0.0761. The number of carbonyl (C=O) groups is 2. The lowest BCUT2D eigenvalue weighted by Gasteiger charge is -2.11. The Hall–Kier alpha value is -0.250. The molecule has 1 unspecified atom stereocenters. The highest BCUT2D eigenvalue weighted by Gasteiger charge is 2.15. The Balaban J connectivity index is 3.98. The molecule has 0 aromatic heterocycles. The molecule has 0 spiro atoms. The molecule has 0 aliphatic rings. The van der Waals surface area contributed by atoms with Crippen molar-refractivity contribution < 1.29 is 14.3 Å². The Morgan fingerprint density at radius 2 is 1.89 bits per heavy atom. The second-order valence-electron chi connectivity index (χ2n) is 3.98. The Kier molecular flexibility index (Phi) is 9.52. The zero-order chi connectivity index (χ0) is 14.1. The molecule has 0 aromatic carbocycles. The van der Waals surface area contributed by atoms with Crippen LogP contribution in [0.15, 0.2) is 11.1 Å². The van der Waals surface area contributed by atoms with Gasteiger partial charge in [0.05, 0.1) is 6.61 Å². The Morgan fingerprint density at radius 3 is 2.33 bits per heavy atom. The van der Waals surface area contributed by atoms with E-state index in [9.17, 15) is 9.59 Å². The largest absolute Gasteiger partial charge is 0.466 e. The molecule has 0 bridgehead atoms. The third kappa shape index (κ3) is 7.96. The molecule has 0 saturated heterocycles. The fraction of sp³-hybridized carbons (Fsp3) is 0.667. The first-order chi connectivity index (χ1) is 8.38. The normalized spacial score (nSPS) is 13.6. The van der Waals surface area contributed by atoms with Gasteiger partial charge in [-0.15, -0.1) is 23.2 Å². The maximum absolute atomic E-state index is 11.8. The van der Waals surface area contributed by atoms with Crippen molar-refractivity contribution in [3.8, 4) is 0 Å². The summed E-state index contributed by atoms with van der Waals surface area (Å²) in [4.78, 5) is 21.6. The van der Waals surface area contributed by atoms with Gasteiger partial charge in [-0.2, -0.15) is 0 Å². The smallest absolute Gasteiger partial charge is 0.302 e. The third-order valence-electron chi connectivity index (χ3n) is 2.49. The summed E-state index contributed by atoms with van der Waals surface area (Å²) in [6, 6.07) is 0. The van der Waals surface area contributed by atoms with Crippen LogP contribution in [-0.2, 0) is 14.3 Å². The predicted octanol–water partition coefficient (Wildman–Crippen LogP) is 3.85. The van der Waals surface area contributed by atoms with Crippen LogP contribution in [0.1, 0.15) is 33.1 Å². The lowest BCUT2D eigenvalue weighted by atomic mass is 9.98. The van der Waals surface area contributed by atoms with Crippen molar-refractivity contribution in [2.24, 2.45) is 5.92 Å². The topological polar surface area (TPSA) is 43.4 Å². The van der Waals surface area contributed by atoms with Gasteiger partial charge in [-0.25, -0.2) is 0 Å². The number of halogens is 3. The van der Waals surface area contributed by atoms with Crippen LogP contribution < -0.4 is 0 Å². The van der Waals surface area contributed by atoms with Crippen molar-refractivity contribution >= 4 is 46.6 Å². The predicted molar refractivity (Wildman–Crippen MR) is 74.1 cm³/mol. The van der Waals surface area contributed by atoms with Gasteiger partial charge in [0.15, 0.2) is 0 Å². The first-order valence-corrected chi connectivity index (χ1v) is 6.92. The SMILES string of the molecule is CC(=O)OCCC(C)C(=O)CC/C(=C\Cl)C(Cl)Cl. The van der Waals surface area contributed by atoms with Crippen LogP contribution in [0.5, 0.6) is 0 Å². The summed E-state index contributed by atoms with van der Waals surface area (Å²) in [5, 5.41) is 0. The average molecular weight is 316 g/mol. The number of ketones is 1. The molecule has 0 heterocycles. The second-order valence-corrected chi connectivity index (χ2v) is 5.30. The van der Waals surface area contributed by atoms with Gasteiger partial charge in [0.2, 0.25) is 0 Å². The van der Waals surface area contributed by atoms with Crippen LogP contribution >= 0.6 is 34.8 Å². The van der Waals surface area contributed by atoms with Gasteiger partial charge >= 0.3 is 5.97 Å². The Bertz CT molecular complexity index is 314. The van der Waals surface area contributed by atoms with Crippen LogP contribution in [0, 0.1) is 5.92 Å². The second kappa shape index (κ2) is 9.65. The van der Waals surface area contributed by atoms with Crippen LogP contribution in [0.25, 0.3) is 0 Å². The van der Waals surface area contributed by atoms with Crippen molar-refractivity contribution in [3.05, 3.63) is 11.1 Å². The zero-order valence-electron chi connectivity index (χ0n) is 10.4. The van der Waals surface area contributed by atoms with Gasteiger partial charge in [-0.3, -0.25) is 9.59 Å². The summed E-state index contributed by atoms with van der Waals surface area (Å²) >= 11 is 16.9. The molecule has 0 aliphatic carbocycles. The van der Waals surface area contributed by atoms with Gasteiger partial charge in [0, 0.05) is 24.8 Å². The number of carbonyl (C=O) groups excluding carboxylic acids is 2. The minimum Gasteiger partial charge on any atom is -0.466 e. The molecular weight excluding hydrogens is 298 g/mol. The van der Waals surface area contributed by atoms with E-state index in [-0.39, 0.29) is 24.3 Å². The summed E-state index contributed by atoms with van der Waals surface area (Å²) in [6.07, 6.45) is 1.29. The van der Waals surface area contributed by atoms with Crippen molar-refractivity contribution in [1.29, 1.82) is 0 Å². The van der Waals surface area contributed by atoms with E-state index >= 15 is 0 Å². The lowest BCUT2D eigenvalue weighted by Crippen LogP contribution is -2.15. The maximum atomic E-state index is 11.8. The summed E-state index contributed by atoms with van der Waals surface area (Å²) < 4.78 is 4.78. The molecule has 1 atom stereocenters. The average Bonchev–Trinajstić information content (AvgIpc) is 2.28. The molecule has 0 N–H and O–H groups in total. The van der Waals surface area contributed by atoms with Crippen LogP contribution in [0.4, 0.5) is 0 Å². The molecular formula is C12H17Cl3O3. The van der Waals surface area contributed by atoms with Gasteiger partial charge in [-0.05, 0) is 18.4 Å². The molecule has 0 aliphatic heterocycles. The van der Waals surface area contributed by atoms with Crippen LogP contribution in [-0.4, -0.2) is 23.2 Å². The highest BCUT2D eigenvalue weighted by molar-refractivity contribution is 6.46. The highest BCUT2D eigenvalue weighted by Crippen LogP contribution is 2.21. The van der Waals surface area contributed by atoms with E-state index in [1.807, 2.05) is 0 Å². The Morgan fingerprint density at radius 1 is 1.28 bits per heavy atom. The van der Waals surface area contributed by atoms with Crippen molar-refractivity contribution in [1.82, 2.24) is 0 Å². The number of rotatable bonds is 8. The fourth-order valence-corrected chi connectivity index (χ4v) is 1.97. The Labute approximate surface area is 122 Å². The standard InChI is InChI=1S/C12H17Cl3O3/c1-8(5-6-18-9(2)16)11(17)4-3-10(7-13)12(14)15/h7-8,12H,3-6H2,1-2H3/b10-7+. The fourth-order valence-electron chi connectivity index (χ4n) is 1.27. The number of ether oxygens (including phenoxy) is 1. The summed E-state index contributed by atoms with van der Waals surface area (Å²) in [7, 11) is 0. The third-order valence-corrected chi connectivity index (χ3v) is 3.33. The highest BCUT2D eigenvalue weighted by atomic mass is 35.5. The molecule has 3 nitrogen and oxygen atoms in total. The van der Waals surface area contributed by atoms with E-state index in [4.69, 9.17) is 39.5 Å². The van der Waals surface area contributed by atoms with E-state index in [1.165, 1.54) is 12.5 Å². The van der Waals surface area contributed by atoms with Gasteiger partial charge in [-0.1, -0.05) is 18.5 Å². The molecule has 0 amide bonds. The quantitative estimate of drug-likeness (QED) is 0.505.